The van der Waals surface area contributed by atoms with Gasteiger partial charge in [-0.2, -0.15) is 5.26 Å². The molecule has 1 aromatic rings. The maximum Gasteiger partial charge on any atom is 0.158 e. The van der Waals surface area contributed by atoms with Gasteiger partial charge in [-0.1, -0.05) is 23.7 Å². The second kappa shape index (κ2) is 4.33. The lowest BCUT2D eigenvalue weighted by Gasteiger charge is -2.12. The van der Waals surface area contributed by atoms with Gasteiger partial charge in [0, 0.05) is 10.9 Å². The van der Waals surface area contributed by atoms with Gasteiger partial charge in [0.25, 0.3) is 0 Å². The number of benzene rings is 1. The maximum absolute atomic E-state index is 12.7. The molecule has 5 atom stereocenters. The number of fused-ring (bicyclic) bond motifs is 5. The molecule has 2 nitrogen and oxygen atoms in total. The van der Waals surface area contributed by atoms with Gasteiger partial charge in [0.15, 0.2) is 5.78 Å². The SMILES string of the molecule is N#CC(C(=O)C1C2C3CCC(C3)C12)c1ccc(Cl)cc1. The number of rotatable bonds is 3. The Hall–Kier alpha value is -1.33. The Morgan fingerprint density at radius 3 is 2.35 bits per heavy atom. The third-order valence-electron chi connectivity index (χ3n) is 5.68. The van der Waals surface area contributed by atoms with E-state index in [1.54, 1.807) is 24.3 Å². The highest BCUT2D eigenvalue weighted by Crippen LogP contribution is 2.70. The van der Waals surface area contributed by atoms with Gasteiger partial charge < -0.3 is 0 Å². The predicted molar refractivity (Wildman–Crippen MR) is 76.1 cm³/mol. The Kier molecular flexibility index (Phi) is 2.69. The molecule has 0 aromatic heterocycles. The molecular weight excluding hydrogens is 270 g/mol. The number of carbonyl (C=O) groups is 1. The number of nitrogens with zero attached hydrogens (tertiary/aromatic N) is 1. The summed E-state index contributed by atoms with van der Waals surface area (Å²) in [6.07, 6.45) is 3.93. The molecule has 3 aliphatic rings. The highest BCUT2D eigenvalue weighted by molar-refractivity contribution is 6.30. The van der Waals surface area contributed by atoms with E-state index in [1.807, 2.05) is 0 Å². The van der Waals surface area contributed by atoms with Crippen LogP contribution in [0.15, 0.2) is 24.3 Å². The van der Waals surface area contributed by atoms with Gasteiger partial charge in [-0.3, -0.25) is 4.79 Å². The van der Waals surface area contributed by atoms with Crippen LogP contribution < -0.4 is 0 Å². The van der Waals surface area contributed by atoms with Crippen LogP contribution in [0.3, 0.4) is 0 Å². The quantitative estimate of drug-likeness (QED) is 0.847. The van der Waals surface area contributed by atoms with E-state index >= 15 is 0 Å². The molecular formula is C17H16ClNO. The Labute approximate surface area is 123 Å². The lowest BCUT2D eigenvalue weighted by molar-refractivity contribution is -0.121. The second-order valence-corrected chi connectivity index (χ2v) is 6.97. The number of carbonyl (C=O) groups excluding carboxylic acids is 1. The fourth-order valence-electron chi connectivity index (χ4n) is 4.86. The normalized spacial score (nSPS) is 38.1. The molecule has 3 heteroatoms. The number of hydrogen-bond donors (Lipinski definition) is 0. The fourth-order valence-corrected chi connectivity index (χ4v) is 4.98. The van der Waals surface area contributed by atoms with Gasteiger partial charge >= 0.3 is 0 Å². The topological polar surface area (TPSA) is 40.9 Å². The van der Waals surface area contributed by atoms with Crippen molar-refractivity contribution in [2.24, 2.45) is 29.6 Å². The van der Waals surface area contributed by atoms with Crippen molar-refractivity contribution in [1.82, 2.24) is 0 Å². The molecule has 0 heterocycles. The Morgan fingerprint density at radius 1 is 1.20 bits per heavy atom. The average molecular weight is 286 g/mol. The van der Waals surface area contributed by atoms with E-state index in [0.29, 0.717) is 16.9 Å². The number of halogens is 1. The van der Waals surface area contributed by atoms with Crippen molar-refractivity contribution < 1.29 is 4.79 Å². The monoisotopic (exact) mass is 285 g/mol. The molecule has 5 unspecified atom stereocenters. The molecule has 20 heavy (non-hydrogen) atoms. The lowest BCUT2D eigenvalue weighted by atomic mass is 9.89. The van der Waals surface area contributed by atoms with Crippen molar-refractivity contribution in [3.8, 4) is 6.07 Å². The largest absolute Gasteiger partial charge is 0.298 e. The van der Waals surface area contributed by atoms with Gasteiger partial charge in [-0.05, 0) is 60.6 Å². The van der Waals surface area contributed by atoms with Crippen LogP contribution in [0.25, 0.3) is 0 Å². The lowest BCUT2D eigenvalue weighted by Crippen LogP contribution is -2.17. The van der Waals surface area contributed by atoms with Crippen LogP contribution in [-0.2, 0) is 4.79 Å². The average Bonchev–Trinajstić information content (AvgIpc) is 2.90. The van der Waals surface area contributed by atoms with Crippen LogP contribution >= 0.6 is 11.6 Å². The van der Waals surface area contributed by atoms with Crippen molar-refractivity contribution in [2.75, 3.05) is 0 Å². The summed E-state index contributed by atoms with van der Waals surface area (Å²) in [5.74, 6) is 2.45. The van der Waals surface area contributed by atoms with E-state index in [4.69, 9.17) is 11.6 Å². The molecule has 0 spiro atoms. The van der Waals surface area contributed by atoms with Gasteiger partial charge in [0.2, 0.25) is 0 Å². The third kappa shape index (κ3) is 1.66. The van der Waals surface area contributed by atoms with Gasteiger partial charge in [0.05, 0.1) is 6.07 Å². The van der Waals surface area contributed by atoms with Crippen LogP contribution in [0, 0.1) is 40.9 Å². The molecule has 4 rings (SSSR count). The standard InChI is InChI=1S/C17H16ClNO/c18-12-5-3-9(4-6-12)13(8-19)17(20)16-14-10-1-2-11(7-10)15(14)16/h3-6,10-11,13-16H,1-2,7H2. The Balaban J connectivity index is 1.56. The molecule has 0 amide bonds. The van der Waals surface area contributed by atoms with Gasteiger partial charge in [0.1, 0.15) is 5.92 Å². The van der Waals surface area contributed by atoms with Crippen molar-refractivity contribution in [2.45, 2.75) is 25.2 Å². The third-order valence-corrected chi connectivity index (χ3v) is 5.93. The number of nitriles is 1. The molecule has 0 radical (unpaired) electrons. The molecule has 2 bridgehead atoms. The zero-order valence-corrected chi connectivity index (χ0v) is 11.9. The van der Waals surface area contributed by atoms with Crippen molar-refractivity contribution in [1.29, 1.82) is 5.26 Å². The minimum Gasteiger partial charge on any atom is -0.298 e. The first kappa shape index (κ1) is 12.4. The summed E-state index contributed by atoms with van der Waals surface area (Å²) < 4.78 is 0. The zero-order chi connectivity index (χ0) is 13.9. The summed E-state index contributed by atoms with van der Waals surface area (Å²) in [6.45, 7) is 0. The van der Waals surface area contributed by atoms with E-state index in [9.17, 15) is 10.1 Å². The van der Waals surface area contributed by atoms with E-state index in [0.717, 1.165) is 17.4 Å². The highest BCUT2D eigenvalue weighted by Gasteiger charge is 2.67. The molecule has 0 N–H and O–H groups in total. The van der Waals surface area contributed by atoms with E-state index in [1.165, 1.54) is 19.3 Å². The zero-order valence-electron chi connectivity index (χ0n) is 11.1. The van der Waals surface area contributed by atoms with Gasteiger partial charge in [-0.25, -0.2) is 0 Å². The molecule has 3 fully saturated rings. The molecule has 102 valence electrons. The number of hydrogen-bond acceptors (Lipinski definition) is 2. The minimum atomic E-state index is -0.609. The van der Waals surface area contributed by atoms with Crippen LogP contribution in [0.5, 0.6) is 0 Å². The van der Waals surface area contributed by atoms with Crippen molar-refractivity contribution in [3.05, 3.63) is 34.9 Å². The van der Waals surface area contributed by atoms with E-state index in [-0.39, 0.29) is 11.7 Å². The Bertz CT molecular complexity index is 586. The summed E-state index contributed by atoms with van der Waals surface area (Å²) in [5, 5.41) is 10.0. The first-order valence-corrected chi connectivity index (χ1v) is 7.77. The molecule has 1 aromatic carbocycles. The van der Waals surface area contributed by atoms with E-state index < -0.39 is 5.92 Å². The van der Waals surface area contributed by atoms with Crippen molar-refractivity contribution >= 4 is 17.4 Å². The van der Waals surface area contributed by atoms with Crippen LogP contribution in [-0.4, -0.2) is 5.78 Å². The van der Waals surface area contributed by atoms with E-state index in [2.05, 4.69) is 6.07 Å². The van der Waals surface area contributed by atoms with Crippen LogP contribution in [0.2, 0.25) is 5.02 Å². The summed E-state index contributed by atoms with van der Waals surface area (Å²) >= 11 is 5.87. The molecule has 3 aliphatic carbocycles. The maximum atomic E-state index is 12.7. The Morgan fingerprint density at radius 2 is 1.80 bits per heavy atom. The summed E-state index contributed by atoms with van der Waals surface area (Å²) in [5.41, 5.74) is 0.791. The van der Waals surface area contributed by atoms with Crippen LogP contribution in [0.1, 0.15) is 30.7 Å². The van der Waals surface area contributed by atoms with Gasteiger partial charge in [-0.15, -0.1) is 0 Å². The molecule has 0 aliphatic heterocycles. The second-order valence-electron chi connectivity index (χ2n) is 6.53. The molecule has 0 saturated heterocycles. The highest BCUT2D eigenvalue weighted by atomic mass is 35.5. The predicted octanol–water partition coefficient (Wildman–Crippen LogP) is 3.81. The summed E-state index contributed by atoms with van der Waals surface area (Å²) in [7, 11) is 0. The summed E-state index contributed by atoms with van der Waals surface area (Å²) in [4.78, 5) is 12.7. The van der Waals surface area contributed by atoms with Crippen molar-refractivity contribution in [3.63, 3.8) is 0 Å². The first-order valence-electron chi connectivity index (χ1n) is 7.39. The molecule has 3 saturated carbocycles. The first-order chi connectivity index (χ1) is 9.70. The summed E-state index contributed by atoms with van der Waals surface area (Å²) in [6, 6.07) is 9.33. The number of Topliss-reactive ketones (excluding diaryl/α,β-unsaturated/α-hetero) is 1. The fraction of sp³-hybridized carbons (Fsp3) is 0.529. The number of ketones is 1. The van der Waals surface area contributed by atoms with Crippen LogP contribution in [0.4, 0.5) is 0 Å². The smallest absolute Gasteiger partial charge is 0.158 e. The minimum absolute atomic E-state index is 0.154.